The first kappa shape index (κ1) is 39.5. The minimum atomic E-state index is -1.25. The summed E-state index contributed by atoms with van der Waals surface area (Å²) in [5, 5.41) is 8.45. The molecule has 1 aromatic rings. The van der Waals surface area contributed by atoms with Crippen molar-refractivity contribution in [1.29, 1.82) is 0 Å². The predicted octanol–water partition coefficient (Wildman–Crippen LogP) is 3.57. The molecule has 0 bridgehead atoms. The van der Waals surface area contributed by atoms with Gasteiger partial charge in [0.15, 0.2) is 11.6 Å². The summed E-state index contributed by atoms with van der Waals surface area (Å²) < 4.78 is 25.7. The molecule has 0 aromatic heterocycles. The summed E-state index contributed by atoms with van der Waals surface area (Å²) in [6.45, 7) is 10.3. The molecule has 1 saturated carbocycles. The first-order valence-corrected chi connectivity index (χ1v) is 18.6. The molecule has 286 valence electrons. The normalized spacial score (nSPS) is 23.0. The van der Waals surface area contributed by atoms with E-state index in [1.807, 2.05) is 27.7 Å². The highest BCUT2D eigenvalue weighted by molar-refractivity contribution is 6.38. The number of ether oxygens (including phenoxy) is 2. The Balaban J connectivity index is 1.43. The lowest BCUT2D eigenvalue weighted by atomic mass is 9.85. The number of Topliss-reactive ketones (excluding diaryl/α,β-unsaturated/α-hetero) is 1. The number of halogens is 2. The zero-order valence-corrected chi connectivity index (χ0v) is 31.3. The maximum Gasteiger partial charge on any atom is 0.289 e. The van der Waals surface area contributed by atoms with Crippen molar-refractivity contribution in [2.45, 2.75) is 116 Å². The van der Waals surface area contributed by atoms with E-state index in [0.29, 0.717) is 30.9 Å². The first-order chi connectivity index (χ1) is 24.6. The number of amides is 4. The van der Waals surface area contributed by atoms with Crippen LogP contribution < -0.4 is 26.2 Å². The van der Waals surface area contributed by atoms with Gasteiger partial charge in [-0.25, -0.2) is 4.39 Å². The van der Waals surface area contributed by atoms with Crippen molar-refractivity contribution in [1.82, 2.24) is 26.3 Å². The van der Waals surface area contributed by atoms with Gasteiger partial charge in [0.1, 0.15) is 17.7 Å². The molecule has 3 heterocycles. The van der Waals surface area contributed by atoms with E-state index >= 15 is 0 Å². The molecular formula is C37H51ClFN5O8. The molecule has 13 nitrogen and oxygen atoms in total. The number of hydroxylamine groups is 1. The number of ketones is 1. The van der Waals surface area contributed by atoms with Crippen molar-refractivity contribution in [3.63, 3.8) is 0 Å². The van der Waals surface area contributed by atoms with Crippen LogP contribution in [0.2, 0.25) is 5.02 Å². The highest BCUT2D eigenvalue weighted by Gasteiger charge is 2.54. The maximum atomic E-state index is 15.0. The fourth-order valence-electron chi connectivity index (χ4n) is 6.88. The van der Waals surface area contributed by atoms with E-state index in [1.165, 1.54) is 17.0 Å². The fraction of sp³-hybridized carbons (Fsp3) is 0.649. The van der Waals surface area contributed by atoms with Crippen molar-refractivity contribution in [3.8, 4) is 5.75 Å². The van der Waals surface area contributed by atoms with Gasteiger partial charge in [-0.15, -0.1) is 0 Å². The number of rotatable bonds is 14. The van der Waals surface area contributed by atoms with Crippen LogP contribution >= 0.6 is 11.6 Å². The molecule has 4 aliphatic rings. The molecule has 15 heteroatoms. The number of nitrogens with one attached hydrogen (secondary N) is 4. The largest absolute Gasteiger partial charge is 0.489 e. The van der Waals surface area contributed by atoms with Gasteiger partial charge in [0.25, 0.3) is 5.91 Å². The standard InChI is InChI=1S/C37H51ClFN5O8/c1-6-8-26(30(46)34(48)40-23-9-10-23)41-33(47)28-19-37(18-27(43-52-37)22-16-24(38)31(51-7-2)25(39)17-22)20-44(28)35(49)32(36(3,4)5)42-29(45)15-21-11-13-50-14-12-21/h16-18,21,23,26,28,32,43H,6-15,19-20H2,1-5H3,(H,40,48)(H,41,47)(H,42,45)/t26-,28-,32+,37+/m0/s1. The van der Waals surface area contributed by atoms with E-state index in [-0.39, 0.29) is 61.1 Å². The summed E-state index contributed by atoms with van der Waals surface area (Å²) in [7, 11) is 0. The SMILES string of the molecule is CCC[C@H](NC(=O)[C@@H]1C[C@]2(C=C(c3cc(F)c(OCC)c(Cl)c3)NO2)CN1C(=O)[C@@H](NC(=O)CC1CCOCC1)C(C)(C)C)C(=O)C(=O)NC1CC1. The number of carbonyl (C=O) groups excluding carboxylic acids is 5. The quantitative estimate of drug-likeness (QED) is 0.208. The van der Waals surface area contributed by atoms with E-state index in [0.717, 1.165) is 25.7 Å². The van der Waals surface area contributed by atoms with E-state index in [4.69, 9.17) is 25.9 Å². The summed E-state index contributed by atoms with van der Waals surface area (Å²) in [6.07, 6.45) is 5.69. The topological polar surface area (TPSA) is 164 Å². The number of carbonyl (C=O) groups is 5. The maximum absolute atomic E-state index is 15.0. The van der Waals surface area contributed by atoms with Gasteiger partial charge in [-0.3, -0.25) is 34.3 Å². The number of benzene rings is 1. The Morgan fingerprint density at radius 1 is 1.10 bits per heavy atom. The van der Waals surface area contributed by atoms with Gasteiger partial charge in [0, 0.05) is 37.7 Å². The van der Waals surface area contributed by atoms with E-state index in [1.54, 1.807) is 13.0 Å². The van der Waals surface area contributed by atoms with Crippen molar-refractivity contribution in [2.24, 2.45) is 11.3 Å². The molecule has 4 amide bonds. The Kier molecular flexibility index (Phi) is 12.5. The Hall–Kier alpha value is -3.75. The minimum Gasteiger partial charge on any atom is -0.489 e. The van der Waals surface area contributed by atoms with Crippen LogP contribution in [0.3, 0.4) is 0 Å². The van der Waals surface area contributed by atoms with Gasteiger partial charge in [0.05, 0.1) is 29.9 Å². The second kappa shape index (κ2) is 16.5. The Labute approximate surface area is 309 Å². The molecule has 2 saturated heterocycles. The molecule has 4 atom stereocenters. The molecule has 1 spiro atoms. The third-order valence-electron chi connectivity index (χ3n) is 9.89. The zero-order chi connectivity index (χ0) is 37.8. The van der Waals surface area contributed by atoms with Crippen LogP contribution in [0.5, 0.6) is 5.75 Å². The van der Waals surface area contributed by atoms with E-state index < -0.39 is 58.5 Å². The lowest BCUT2D eigenvalue weighted by Gasteiger charge is -2.36. The molecule has 0 radical (unpaired) electrons. The van der Waals surface area contributed by atoms with Gasteiger partial charge in [0.2, 0.25) is 23.5 Å². The van der Waals surface area contributed by atoms with Gasteiger partial charge < -0.3 is 30.3 Å². The van der Waals surface area contributed by atoms with Crippen LogP contribution in [0, 0.1) is 17.2 Å². The minimum absolute atomic E-state index is 0.0392. The van der Waals surface area contributed by atoms with E-state index in [2.05, 4.69) is 21.4 Å². The Morgan fingerprint density at radius 3 is 2.42 bits per heavy atom. The van der Waals surface area contributed by atoms with Crippen LogP contribution in [-0.2, 0) is 33.5 Å². The second-order valence-corrected chi connectivity index (χ2v) is 15.7. The highest BCUT2D eigenvalue weighted by atomic mass is 35.5. The molecule has 3 fully saturated rings. The monoisotopic (exact) mass is 747 g/mol. The van der Waals surface area contributed by atoms with Crippen LogP contribution in [-0.4, -0.2) is 90.4 Å². The van der Waals surface area contributed by atoms with Crippen molar-refractivity contribution >= 4 is 46.7 Å². The summed E-state index contributed by atoms with van der Waals surface area (Å²) >= 11 is 6.34. The fourth-order valence-corrected chi connectivity index (χ4v) is 7.14. The smallest absolute Gasteiger partial charge is 0.289 e. The Morgan fingerprint density at radius 2 is 1.81 bits per heavy atom. The molecule has 5 rings (SSSR count). The summed E-state index contributed by atoms with van der Waals surface area (Å²) in [5.74, 6) is -3.55. The van der Waals surface area contributed by atoms with Crippen molar-refractivity contribution in [2.75, 3.05) is 26.4 Å². The average Bonchev–Trinajstić information content (AvgIpc) is 3.68. The molecule has 0 unspecified atom stereocenters. The van der Waals surface area contributed by atoms with Gasteiger partial charge in [-0.1, -0.05) is 45.7 Å². The number of hydrogen-bond acceptors (Lipinski definition) is 9. The molecule has 1 aromatic carbocycles. The second-order valence-electron chi connectivity index (χ2n) is 15.3. The summed E-state index contributed by atoms with van der Waals surface area (Å²) in [5.41, 5.74) is 1.54. The number of hydrogen-bond donors (Lipinski definition) is 4. The summed E-state index contributed by atoms with van der Waals surface area (Å²) in [4.78, 5) is 75.5. The van der Waals surface area contributed by atoms with Crippen LogP contribution in [0.15, 0.2) is 18.2 Å². The van der Waals surface area contributed by atoms with Crippen LogP contribution in [0.1, 0.15) is 91.5 Å². The zero-order valence-electron chi connectivity index (χ0n) is 30.6. The van der Waals surface area contributed by atoms with Gasteiger partial charge in [-0.05, 0) is 68.6 Å². The molecular weight excluding hydrogens is 697 g/mol. The number of likely N-dealkylation sites (tertiary alicyclic amines) is 1. The van der Waals surface area contributed by atoms with Crippen LogP contribution in [0.4, 0.5) is 4.39 Å². The van der Waals surface area contributed by atoms with Crippen LogP contribution in [0.25, 0.3) is 5.70 Å². The summed E-state index contributed by atoms with van der Waals surface area (Å²) in [6, 6.07) is -0.543. The lowest BCUT2D eigenvalue weighted by molar-refractivity contribution is -0.145. The third kappa shape index (κ3) is 9.42. The molecule has 1 aliphatic carbocycles. The predicted molar refractivity (Wildman–Crippen MR) is 190 cm³/mol. The van der Waals surface area contributed by atoms with Gasteiger partial charge >= 0.3 is 0 Å². The van der Waals surface area contributed by atoms with Crippen molar-refractivity contribution < 1.29 is 42.7 Å². The first-order valence-electron chi connectivity index (χ1n) is 18.3. The third-order valence-corrected chi connectivity index (χ3v) is 10.2. The molecule has 52 heavy (non-hydrogen) atoms. The van der Waals surface area contributed by atoms with E-state index in [9.17, 15) is 28.4 Å². The highest BCUT2D eigenvalue weighted by Crippen LogP contribution is 2.40. The Bertz CT molecular complexity index is 1550. The van der Waals surface area contributed by atoms with Crippen molar-refractivity contribution in [3.05, 3.63) is 34.6 Å². The molecule has 4 N–H and O–H groups in total. The van der Waals surface area contributed by atoms with Gasteiger partial charge in [-0.2, -0.15) is 0 Å². The average molecular weight is 748 g/mol. The number of nitrogens with zero attached hydrogens (tertiary/aromatic N) is 1. The molecule has 3 aliphatic heterocycles. The lowest BCUT2D eigenvalue weighted by Crippen LogP contribution is -2.59.